The summed E-state index contributed by atoms with van der Waals surface area (Å²) in [7, 11) is 0. The van der Waals surface area contributed by atoms with Crippen molar-refractivity contribution < 1.29 is 19.4 Å². The summed E-state index contributed by atoms with van der Waals surface area (Å²) < 4.78 is 5.22. The molecule has 0 aromatic heterocycles. The van der Waals surface area contributed by atoms with Gasteiger partial charge < -0.3 is 15.2 Å². The molecule has 0 aliphatic carbocycles. The predicted molar refractivity (Wildman–Crippen MR) is 68.9 cm³/mol. The van der Waals surface area contributed by atoms with Crippen LogP contribution in [0.5, 0.6) is 0 Å². The summed E-state index contributed by atoms with van der Waals surface area (Å²) in [4.78, 5) is 23.2. The molecule has 0 spiro atoms. The quantitative estimate of drug-likeness (QED) is 0.883. The van der Waals surface area contributed by atoms with Gasteiger partial charge >= 0.3 is 5.97 Å². The molecule has 0 saturated carbocycles. The first-order chi connectivity index (χ1) is 9.09. The Morgan fingerprint density at radius 2 is 2.16 bits per heavy atom. The topological polar surface area (TPSA) is 75.6 Å². The van der Waals surface area contributed by atoms with Crippen molar-refractivity contribution in [3.8, 4) is 0 Å². The number of benzene rings is 1. The minimum atomic E-state index is -1.16. The van der Waals surface area contributed by atoms with Crippen molar-refractivity contribution in [3.05, 3.63) is 34.9 Å². The molecule has 102 valence electrons. The maximum Gasteiger partial charge on any atom is 0.330 e. The van der Waals surface area contributed by atoms with E-state index in [-0.39, 0.29) is 0 Å². The minimum absolute atomic E-state index is 0.308. The van der Waals surface area contributed by atoms with Crippen molar-refractivity contribution >= 4 is 23.5 Å². The summed E-state index contributed by atoms with van der Waals surface area (Å²) >= 11 is 5.96. The number of rotatable bonds is 4. The Morgan fingerprint density at radius 1 is 1.42 bits per heavy atom. The van der Waals surface area contributed by atoms with Gasteiger partial charge in [-0.1, -0.05) is 29.8 Å². The number of hydrogen-bond donors (Lipinski definition) is 2. The van der Waals surface area contributed by atoms with Crippen molar-refractivity contribution in [2.24, 2.45) is 0 Å². The maximum absolute atomic E-state index is 11.9. The summed E-state index contributed by atoms with van der Waals surface area (Å²) in [6.45, 7) is 0.530. The van der Waals surface area contributed by atoms with Gasteiger partial charge in [0.2, 0.25) is 5.91 Å². The molecule has 6 heteroatoms. The molecule has 2 N–H and O–H groups in total. The SMILES string of the molecule is O=C(N[C@@H](C(=O)O)c1ccccc1Cl)[C@@H]1CCCO1. The fraction of sp³-hybridized carbons (Fsp3) is 0.385. The van der Waals surface area contributed by atoms with Gasteiger partial charge in [0.05, 0.1) is 0 Å². The molecule has 5 nitrogen and oxygen atoms in total. The van der Waals surface area contributed by atoms with E-state index in [1.807, 2.05) is 0 Å². The van der Waals surface area contributed by atoms with Crippen LogP contribution in [-0.4, -0.2) is 29.7 Å². The van der Waals surface area contributed by atoms with Crippen molar-refractivity contribution in [1.29, 1.82) is 0 Å². The zero-order valence-corrected chi connectivity index (χ0v) is 10.9. The molecule has 0 bridgehead atoms. The highest BCUT2D eigenvalue weighted by Gasteiger charge is 2.29. The number of carboxylic acids is 1. The Morgan fingerprint density at radius 3 is 2.74 bits per heavy atom. The standard InChI is InChI=1S/C13H14ClNO4/c14-9-5-2-1-4-8(9)11(13(17)18)15-12(16)10-6-3-7-19-10/h1-2,4-5,10-11H,3,6-7H2,(H,15,16)(H,17,18)/t10-,11+/m0/s1. The van der Waals surface area contributed by atoms with Gasteiger partial charge in [0.15, 0.2) is 6.04 Å². The lowest BCUT2D eigenvalue weighted by Crippen LogP contribution is -2.40. The van der Waals surface area contributed by atoms with Gasteiger partial charge in [0.25, 0.3) is 0 Å². The molecule has 0 unspecified atom stereocenters. The third kappa shape index (κ3) is 3.24. The van der Waals surface area contributed by atoms with Crippen molar-refractivity contribution in [2.45, 2.75) is 25.0 Å². The molecule has 1 aromatic rings. The average Bonchev–Trinajstić information content (AvgIpc) is 2.90. The molecule has 1 amide bonds. The summed E-state index contributed by atoms with van der Waals surface area (Å²) in [6, 6.07) is 5.38. The highest BCUT2D eigenvalue weighted by atomic mass is 35.5. The van der Waals surface area contributed by atoms with Crippen molar-refractivity contribution in [1.82, 2.24) is 5.32 Å². The number of amides is 1. The lowest BCUT2D eigenvalue weighted by Gasteiger charge is -2.18. The monoisotopic (exact) mass is 283 g/mol. The van der Waals surface area contributed by atoms with E-state index in [1.54, 1.807) is 24.3 Å². The van der Waals surface area contributed by atoms with E-state index >= 15 is 0 Å². The number of ether oxygens (including phenoxy) is 1. The summed E-state index contributed by atoms with van der Waals surface area (Å²) in [5.74, 6) is -1.57. The molecule has 1 saturated heterocycles. The zero-order valence-electron chi connectivity index (χ0n) is 10.1. The van der Waals surface area contributed by atoms with E-state index in [1.165, 1.54) is 0 Å². The number of aliphatic carboxylic acids is 1. The number of halogens is 1. The summed E-state index contributed by atoms with van der Waals surface area (Å²) in [6.07, 6.45) is 0.854. The zero-order chi connectivity index (χ0) is 13.8. The smallest absolute Gasteiger partial charge is 0.330 e. The average molecular weight is 284 g/mol. The highest BCUT2D eigenvalue weighted by molar-refractivity contribution is 6.31. The number of carbonyl (C=O) groups excluding carboxylic acids is 1. The second-order valence-electron chi connectivity index (χ2n) is 4.30. The normalized spacial score (nSPS) is 19.9. The van der Waals surface area contributed by atoms with Gasteiger partial charge in [0, 0.05) is 17.2 Å². The third-order valence-electron chi connectivity index (χ3n) is 2.97. The Kier molecular flexibility index (Phi) is 4.39. The number of carbonyl (C=O) groups is 2. The van der Waals surface area contributed by atoms with Crippen molar-refractivity contribution in [2.75, 3.05) is 6.61 Å². The van der Waals surface area contributed by atoms with Crippen LogP contribution >= 0.6 is 11.6 Å². The highest BCUT2D eigenvalue weighted by Crippen LogP contribution is 2.23. The summed E-state index contributed by atoms with van der Waals surface area (Å²) in [5.41, 5.74) is 0.364. The van der Waals surface area contributed by atoms with Crippen LogP contribution < -0.4 is 5.32 Å². The molecule has 1 aliphatic heterocycles. The third-order valence-corrected chi connectivity index (χ3v) is 3.32. The van der Waals surface area contributed by atoms with Crippen LogP contribution in [0.1, 0.15) is 24.4 Å². The number of hydrogen-bond acceptors (Lipinski definition) is 3. The molecule has 1 aromatic carbocycles. The Balaban J connectivity index is 2.15. The molecule has 1 fully saturated rings. The van der Waals surface area contributed by atoms with Crippen LogP contribution in [0, 0.1) is 0 Å². The molecule has 2 rings (SSSR count). The van der Waals surface area contributed by atoms with E-state index < -0.39 is 24.0 Å². The Hall–Kier alpha value is -1.59. The van der Waals surface area contributed by atoms with E-state index in [9.17, 15) is 14.7 Å². The first-order valence-corrected chi connectivity index (χ1v) is 6.36. The van der Waals surface area contributed by atoms with Gasteiger partial charge in [-0.05, 0) is 18.9 Å². The van der Waals surface area contributed by atoms with Crippen LogP contribution in [0.3, 0.4) is 0 Å². The van der Waals surface area contributed by atoms with Gasteiger partial charge in [-0.15, -0.1) is 0 Å². The molecule has 2 atom stereocenters. The van der Waals surface area contributed by atoms with E-state index in [0.717, 1.165) is 6.42 Å². The molecule has 1 heterocycles. The van der Waals surface area contributed by atoms with Gasteiger partial charge in [-0.25, -0.2) is 4.79 Å². The van der Waals surface area contributed by atoms with Crippen LogP contribution in [0.4, 0.5) is 0 Å². The summed E-state index contributed by atoms with van der Waals surface area (Å²) in [5, 5.41) is 12.0. The second-order valence-corrected chi connectivity index (χ2v) is 4.71. The molecule has 19 heavy (non-hydrogen) atoms. The Labute approximate surface area is 115 Å². The molecular weight excluding hydrogens is 270 g/mol. The van der Waals surface area contributed by atoms with Gasteiger partial charge in [-0.3, -0.25) is 4.79 Å². The first-order valence-electron chi connectivity index (χ1n) is 5.99. The van der Waals surface area contributed by atoms with E-state index in [4.69, 9.17) is 16.3 Å². The second kappa shape index (κ2) is 6.04. The Bertz CT molecular complexity index is 485. The molecular formula is C13H14ClNO4. The van der Waals surface area contributed by atoms with Crippen molar-refractivity contribution in [3.63, 3.8) is 0 Å². The van der Waals surface area contributed by atoms with E-state index in [0.29, 0.717) is 23.6 Å². The minimum Gasteiger partial charge on any atom is -0.479 e. The fourth-order valence-electron chi connectivity index (χ4n) is 2.00. The van der Waals surface area contributed by atoms with Crippen LogP contribution in [0.25, 0.3) is 0 Å². The maximum atomic E-state index is 11.9. The van der Waals surface area contributed by atoms with E-state index in [2.05, 4.69) is 5.32 Å². The first kappa shape index (κ1) is 13.8. The fourth-order valence-corrected chi connectivity index (χ4v) is 2.25. The lowest BCUT2D eigenvalue weighted by atomic mass is 10.1. The van der Waals surface area contributed by atoms with Crippen LogP contribution in [0.15, 0.2) is 24.3 Å². The predicted octanol–water partition coefficient (Wildman–Crippen LogP) is 1.76. The largest absolute Gasteiger partial charge is 0.479 e. The van der Waals surface area contributed by atoms with Gasteiger partial charge in [-0.2, -0.15) is 0 Å². The van der Waals surface area contributed by atoms with Crippen LogP contribution in [-0.2, 0) is 14.3 Å². The molecule has 0 radical (unpaired) electrons. The van der Waals surface area contributed by atoms with Gasteiger partial charge in [0.1, 0.15) is 6.10 Å². The lowest BCUT2D eigenvalue weighted by molar-refractivity contribution is -0.143. The van der Waals surface area contributed by atoms with Crippen LogP contribution in [0.2, 0.25) is 5.02 Å². The molecule has 1 aliphatic rings. The number of nitrogens with one attached hydrogen (secondary N) is 1. The number of carboxylic acid groups (broad SMARTS) is 1.